The number of halogens is 2. The fraction of sp³-hybridized carbons (Fsp3) is 0.143. The number of hydrogen-bond acceptors (Lipinski definition) is 1. The van der Waals surface area contributed by atoms with Gasteiger partial charge >= 0.3 is 0 Å². The van der Waals surface area contributed by atoms with Crippen LogP contribution < -0.4 is 5.73 Å². The van der Waals surface area contributed by atoms with Crippen LogP contribution in [0.25, 0.3) is 0 Å². The Bertz CT molecular complexity index is 520. The van der Waals surface area contributed by atoms with Gasteiger partial charge in [0.1, 0.15) is 0 Å². The summed E-state index contributed by atoms with van der Waals surface area (Å²) in [6.07, 6.45) is 0. The molecular weight excluding hydrogens is 342 g/mol. The molecule has 0 fully saturated rings. The van der Waals surface area contributed by atoms with Crippen LogP contribution in [0.4, 0.5) is 0 Å². The number of rotatable bonds is 2. The van der Waals surface area contributed by atoms with Gasteiger partial charge in [-0.25, -0.2) is 0 Å². The van der Waals surface area contributed by atoms with E-state index in [2.05, 4.69) is 63.0 Å². The zero-order valence-electron chi connectivity index (χ0n) is 9.45. The third-order valence-corrected chi connectivity index (χ3v) is 3.82. The lowest BCUT2D eigenvalue weighted by molar-refractivity contribution is 0.861. The van der Waals surface area contributed by atoms with Crippen LogP contribution in [0, 0.1) is 6.92 Å². The quantitative estimate of drug-likeness (QED) is 0.839. The minimum Gasteiger partial charge on any atom is -0.320 e. The van der Waals surface area contributed by atoms with Gasteiger partial charge in [0.2, 0.25) is 0 Å². The SMILES string of the molecule is Cc1cc(Br)ccc1C(N)c1ccc(Br)cc1. The Balaban J connectivity index is 2.36. The van der Waals surface area contributed by atoms with E-state index in [0.717, 1.165) is 20.1 Å². The van der Waals surface area contributed by atoms with Crippen LogP contribution in [0.5, 0.6) is 0 Å². The minimum atomic E-state index is -0.0730. The zero-order valence-corrected chi connectivity index (χ0v) is 12.6. The Morgan fingerprint density at radius 3 is 2.12 bits per heavy atom. The van der Waals surface area contributed by atoms with E-state index in [4.69, 9.17) is 5.73 Å². The first-order chi connectivity index (χ1) is 8.08. The van der Waals surface area contributed by atoms with Gasteiger partial charge in [0.25, 0.3) is 0 Å². The first-order valence-corrected chi connectivity index (χ1v) is 6.93. The fourth-order valence-corrected chi connectivity index (χ4v) is 2.58. The van der Waals surface area contributed by atoms with Gasteiger partial charge in [-0.1, -0.05) is 50.1 Å². The molecule has 0 aliphatic heterocycles. The highest BCUT2D eigenvalue weighted by atomic mass is 79.9. The lowest BCUT2D eigenvalue weighted by atomic mass is 9.96. The third-order valence-electron chi connectivity index (χ3n) is 2.80. The average molecular weight is 355 g/mol. The number of hydrogen-bond donors (Lipinski definition) is 1. The third kappa shape index (κ3) is 2.97. The van der Waals surface area contributed by atoms with E-state index in [1.54, 1.807) is 0 Å². The van der Waals surface area contributed by atoms with Crippen molar-refractivity contribution in [1.82, 2.24) is 0 Å². The van der Waals surface area contributed by atoms with Crippen molar-refractivity contribution in [3.63, 3.8) is 0 Å². The average Bonchev–Trinajstić information content (AvgIpc) is 2.29. The van der Waals surface area contributed by atoms with Gasteiger partial charge in [-0.15, -0.1) is 0 Å². The van der Waals surface area contributed by atoms with Crippen LogP contribution in [0.1, 0.15) is 22.7 Å². The molecule has 2 rings (SSSR count). The van der Waals surface area contributed by atoms with Gasteiger partial charge in [-0.3, -0.25) is 0 Å². The molecule has 0 amide bonds. The molecule has 0 saturated carbocycles. The van der Waals surface area contributed by atoms with E-state index in [1.807, 2.05) is 18.2 Å². The van der Waals surface area contributed by atoms with E-state index < -0.39 is 0 Å². The lowest BCUT2D eigenvalue weighted by Crippen LogP contribution is -2.13. The summed E-state index contributed by atoms with van der Waals surface area (Å²) >= 11 is 6.89. The van der Waals surface area contributed by atoms with Gasteiger partial charge < -0.3 is 5.73 Å². The summed E-state index contributed by atoms with van der Waals surface area (Å²) in [6, 6.07) is 14.3. The molecule has 0 spiro atoms. The molecular formula is C14H13Br2N. The summed E-state index contributed by atoms with van der Waals surface area (Å²) in [6.45, 7) is 2.08. The standard InChI is InChI=1S/C14H13Br2N/c1-9-8-12(16)6-7-13(9)14(17)10-2-4-11(15)5-3-10/h2-8,14H,17H2,1H3. The maximum Gasteiger partial charge on any atom is 0.0554 e. The van der Waals surface area contributed by atoms with Crippen LogP contribution >= 0.6 is 31.9 Å². The van der Waals surface area contributed by atoms with E-state index in [9.17, 15) is 0 Å². The summed E-state index contributed by atoms with van der Waals surface area (Å²) in [5.41, 5.74) is 9.78. The van der Waals surface area contributed by atoms with E-state index in [-0.39, 0.29) is 6.04 Å². The molecule has 0 aliphatic carbocycles. The molecule has 0 aromatic heterocycles. The molecule has 0 saturated heterocycles. The predicted octanol–water partition coefficient (Wildman–Crippen LogP) is 4.57. The first kappa shape index (κ1) is 12.8. The molecule has 0 aliphatic rings. The van der Waals surface area contributed by atoms with Crippen molar-refractivity contribution >= 4 is 31.9 Å². The van der Waals surface area contributed by atoms with Crippen molar-refractivity contribution in [2.45, 2.75) is 13.0 Å². The second kappa shape index (κ2) is 5.34. The number of nitrogens with two attached hydrogens (primary N) is 1. The normalized spacial score (nSPS) is 12.5. The van der Waals surface area contributed by atoms with E-state index in [1.165, 1.54) is 5.56 Å². The first-order valence-electron chi connectivity index (χ1n) is 5.35. The highest BCUT2D eigenvalue weighted by molar-refractivity contribution is 9.10. The van der Waals surface area contributed by atoms with Crippen molar-refractivity contribution in [3.05, 3.63) is 68.1 Å². The molecule has 2 aromatic carbocycles. The summed E-state index contributed by atoms with van der Waals surface area (Å²) in [4.78, 5) is 0. The molecule has 2 aromatic rings. The Morgan fingerprint density at radius 1 is 0.941 bits per heavy atom. The van der Waals surface area contributed by atoms with Crippen LogP contribution in [0.3, 0.4) is 0 Å². The molecule has 1 unspecified atom stereocenters. The molecule has 88 valence electrons. The smallest absolute Gasteiger partial charge is 0.0554 e. The molecule has 0 bridgehead atoms. The van der Waals surface area contributed by atoms with Crippen molar-refractivity contribution in [1.29, 1.82) is 0 Å². The Hall–Kier alpha value is -0.640. The molecule has 17 heavy (non-hydrogen) atoms. The molecule has 0 radical (unpaired) electrons. The second-order valence-corrected chi connectivity index (χ2v) is 5.86. The Morgan fingerprint density at radius 2 is 1.53 bits per heavy atom. The molecule has 3 heteroatoms. The van der Waals surface area contributed by atoms with E-state index >= 15 is 0 Å². The minimum absolute atomic E-state index is 0.0730. The maximum absolute atomic E-state index is 6.29. The van der Waals surface area contributed by atoms with Gasteiger partial charge in [0.05, 0.1) is 6.04 Å². The summed E-state index contributed by atoms with van der Waals surface area (Å²) in [5, 5.41) is 0. The lowest BCUT2D eigenvalue weighted by Gasteiger charge is -2.15. The fourth-order valence-electron chi connectivity index (χ4n) is 1.84. The molecule has 1 nitrogen and oxygen atoms in total. The molecule has 2 N–H and O–H groups in total. The van der Waals surface area contributed by atoms with Crippen molar-refractivity contribution in [3.8, 4) is 0 Å². The van der Waals surface area contributed by atoms with Crippen LogP contribution in [-0.4, -0.2) is 0 Å². The second-order valence-electron chi connectivity index (χ2n) is 4.03. The highest BCUT2D eigenvalue weighted by Crippen LogP contribution is 2.26. The predicted molar refractivity (Wildman–Crippen MR) is 79.1 cm³/mol. The van der Waals surface area contributed by atoms with Gasteiger partial charge in [0, 0.05) is 8.95 Å². The van der Waals surface area contributed by atoms with Crippen LogP contribution in [-0.2, 0) is 0 Å². The van der Waals surface area contributed by atoms with Crippen molar-refractivity contribution < 1.29 is 0 Å². The Kier molecular flexibility index (Phi) is 4.02. The molecule has 0 heterocycles. The highest BCUT2D eigenvalue weighted by Gasteiger charge is 2.11. The van der Waals surface area contributed by atoms with E-state index in [0.29, 0.717) is 0 Å². The van der Waals surface area contributed by atoms with Crippen molar-refractivity contribution in [2.75, 3.05) is 0 Å². The van der Waals surface area contributed by atoms with Gasteiger partial charge in [-0.2, -0.15) is 0 Å². The monoisotopic (exact) mass is 353 g/mol. The van der Waals surface area contributed by atoms with Crippen LogP contribution in [0.15, 0.2) is 51.4 Å². The van der Waals surface area contributed by atoms with Gasteiger partial charge in [0.15, 0.2) is 0 Å². The topological polar surface area (TPSA) is 26.0 Å². The summed E-state index contributed by atoms with van der Waals surface area (Å²) < 4.78 is 2.16. The molecule has 1 atom stereocenters. The summed E-state index contributed by atoms with van der Waals surface area (Å²) in [7, 11) is 0. The summed E-state index contributed by atoms with van der Waals surface area (Å²) in [5.74, 6) is 0. The van der Waals surface area contributed by atoms with Crippen LogP contribution in [0.2, 0.25) is 0 Å². The number of benzene rings is 2. The Labute approximate surface area is 118 Å². The largest absolute Gasteiger partial charge is 0.320 e. The number of aryl methyl sites for hydroxylation is 1. The maximum atomic E-state index is 6.29. The van der Waals surface area contributed by atoms with Gasteiger partial charge in [-0.05, 0) is 47.9 Å². The van der Waals surface area contributed by atoms with Crippen molar-refractivity contribution in [2.24, 2.45) is 5.73 Å². The zero-order chi connectivity index (χ0) is 12.4.